The molecule has 25 heavy (non-hydrogen) atoms. The minimum absolute atomic E-state index is 0.110. The van der Waals surface area contributed by atoms with Gasteiger partial charge in [-0.15, -0.1) is 0 Å². The van der Waals surface area contributed by atoms with Gasteiger partial charge in [-0.1, -0.05) is 79.4 Å². The molecule has 2 heteroatoms. The molecule has 1 atom stereocenters. The van der Waals surface area contributed by atoms with Crippen LogP contribution in [-0.2, 0) is 5.41 Å². The van der Waals surface area contributed by atoms with Crippen LogP contribution in [0.3, 0.4) is 0 Å². The van der Waals surface area contributed by atoms with Gasteiger partial charge in [-0.3, -0.25) is 4.98 Å². The van der Waals surface area contributed by atoms with E-state index >= 15 is 0 Å². The van der Waals surface area contributed by atoms with E-state index in [1.807, 2.05) is 6.92 Å². The first-order valence-electron chi connectivity index (χ1n) is 9.86. The van der Waals surface area contributed by atoms with E-state index < -0.39 is 14.0 Å². The van der Waals surface area contributed by atoms with Crippen molar-refractivity contribution in [2.24, 2.45) is 5.92 Å². The summed E-state index contributed by atoms with van der Waals surface area (Å²) in [6, 6.07) is 10.9. The summed E-state index contributed by atoms with van der Waals surface area (Å²) in [5.41, 5.74) is 4.69. The summed E-state index contributed by atoms with van der Waals surface area (Å²) in [6.45, 7) is 20.0. The SMILES string of the molecule is [2H]C(C)(c1cc(-c2cccc(C(C)(C)C)c2)ncc1[Si](C)(C)C)C(C)C. The highest BCUT2D eigenvalue weighted by atomic mass is 28.3. The maximum absolute atomic E-state index is 9.04. The third-order valence-electron chi connectivity index (χ3n) is 5.03. The Morgan fingerprint density at radius 3 is 2.20 bits per heavy atom. The summed E-state index contributed by atoms with van der Waals surface area (Å²) in [4.78, 5) is 4.82. The van der Waals surface area contributed by atoms with E-state index in [4.69, 9.17) is 6.35 Å². The molecule has 0 bridgehead atoms. The molecule has 1 nitrogen and oxygen atoms in total. The van der Waals surface area contributed by atoms with Gasteiger partial charge in [0.25, 0.3) is 0 Å². The molecule has 0 fully saturated rings. The largest absolute Gasteiger partial charge is 0.256 e. The molecule has 0 spiro atoms. The Kier molecular flexibility index (Phi) is 5.20. The fourth-order valence-electron chi connectivity index (χ4n) is 2.99. The highest BCUT2D eigenvalue weighted by Crippen LogP contribution is 2.30. The summed E-state index contributed by atoms with van der Waals surface area (Å²) in [6.07, 6.45) is 2.05. The van der Waals surface area contributed by atoms with E-state index in [1.54, 1.807) is 0 Å². The first kappa shape index (κ1) is 18.4. The molecule has 0 saturated heterocycles. The number of aromatic nitrogens is 1. The lowest BCUT2D eigenvalue weighted by atomic mass is 9.85. The second-order valence-electron chi connectivity index (χ2n) is 9.53. The number of rotatable bonds is 4. The third kappa shape index (κ3) is 4.61. The van der Waals surface area contributed by atoms with Crippen molar-refractivity contribution in [2.45, 2.75) is 72.5 Å². The van der Waals surface area contributed by atoms with Crippen LogP contribution in [-0.4, -0.2) is 13.1 Å². The summed E-state index contributed by atoms with van der Waals surface area (Å²) in [5.74, 6) is -0.372. The Hall–Kier alpha value is -1.41. The van der Waals surface area contributed by atoms with Crippen LogP contribution in [0.4, 0.5) is 0 Å². The first-order valence-corrected chi connectivity index (χ1v) is 12.9. The van der Waals surface area contributed by atoms with Crippen LogP contribution in [0.1, 0.15) is 59.9 Å². The Labute approximate surface area is 157 Å². The van der Waals surface area contributed by atoms with Gasteiger partial charge >= 0.3 is 0 Å². The van der Waals surface area contributed by atoms with E-state index in [0.29, 0.717) is 0 Å². The van der Waals surface area contributed by atoms with Crippen molar-refractivity contribution in [3.05, 3.63) is 47.7 Å². The molecule has 0 aliphatic carbocycles. The summed E-state index contributed by atoms with van der Waals surface area (Å²) >= 11 is 0. The van der Waals surface area contributed by atoms with Gasteiger partial charge in [0.2, 0.25) is 0 Å². The smallest absolute Gasteiger partial charge is 0.0799 e. The lowest BCUT2D eigenvalue weighted by molar-refractivity contribution is 0.537. The van der Waals surface area contributed by atoms with Gasteiger partial charge in [-0.05, 0) is 45.7 Å². The molecule has 1 aromatic heterocycles. The maximum Gasteiger partial charge on any atom is 0.0799 e. The Bertz CT molecular complexity index is 780. The standard InChI is InChI=1S/C23H35NSi/c1-16(2)17(3)20-14-21(24-15-22(20)25(7,8)9)18-11-10-12-19(13-18)23(4,5)6/h10-17H,1-9H3/i17D. The monoisotopic (exact) mass is 354 g/mol. The van der Waals surface area contributed by atoms with Gasteiger partial charge in [-0.2, -0.15) is 0 Å². The van der Waals surface area contributed by atoms with Crippen LogP contribution in [0.25, 0.3) is 11.3 Å². The number of hydrogen-bond acceptors (Lipinski definition) is 1. The quantitative estimate of drug-likeness (QED) is 0.583. The molecule has 0 amide bonds. The van der Waals surface area contributed by atoms with Crippen molar-refractivity contribution in [3.63, 3.8) is 0 Å². The molecule has 0 aliphatic rings. The lowest BCUT2D eigenvalue weighted by Gasteiger charge is -2.27. The average molecular weight is 355 g/mol. The molecule has 0 saturated carbocycles. The summed E-state index contributed by atoms with van der Waals surface area (Å²) in [5, 5.41) is 1.31. The summed E-state index contributed by atoms with van der Waals surface area (Å²) < 4.78 is 9.04. The molecule has 0 aliphatic heterocycles. The van der Waals surface area contributed by atoms with Gasteiger partial charge in [-0.25, -0.2) is 0 Å². The minimum Gasteiger partial charge on any atom is -0.256 e. The number of hydrogen-bond donors (Lipinski definition) is 0. The predicted molar refractivity (Wildman–Crippen MR) is 115 cm³/mol. The Morgan fingerprint density at radius 2 is 1.68 bits per heavy atom. The van der Waals surface area contributed by atoms with Crippen LogP contribution >= 0.6 is 0 Å². The van der Waals surface area contributed by atoms with E-state index in [0.717, 1.165) is 16.8 Å². The number of benzene rings is 1. The van der Waals surface area contributed by atoms with Crippen LogP contribution in [0.5, 0.6) is 0 Å². The number of nitrogens with zero attached hydrogens (tertiary/aromatic N) is 1. The maximum atomic E-state index is 9.04. The average Bonchev–Trinajstić information content (AvgIpc) is 2.52. The number of pyridine rings is 1. The van der Waals surface area contributed by atoms with Crippen molar-refractivity contribution < 1.29 is 1.37 Å². The molecule has 2 rings (SSSR count). The predicted octanol–water partition coefficient (Wildman–Crippen LogP) is 6.35. The molecule has 2 aromatic rings. The van der Waals surface area contributed by atoms with Crippen molar-refractivity contribution in [1.82, 2.24) is 4.98 Å². The fraction of sp³-hybridized carbons (Fsp3) is 0.522. The van der Waals surface area contributed by atoms with Crippen molar-refractivity contribution in [1.29, 1.82) is 0 Å². The topological polar surface area (TPSA) is 12.9 Å². The fourth-order valence-corrected chi connectivity index (χ4v) is 4.52. The molecule has 1 heterocycles. The first-order chi connectivity index (χ1) is 11.7. The van der Waals surface area contributed by atoms with E-state index in [-0.39, 0.29) is 11.3 Å². The zero-order valence-electron chi connectivity index (χ0n) is 18.5. The van der Waals surface area contributed by atoms with Gasteiger partial charge in [0, 0.05) is 13.1 Å². The highest BCUT2D eigenvalue weighted by molar-refractivity contribution is 6.89. The zero-order valence-corrected chi connectivity index (χ0v) is 18.5. The van der Waals surface area contributed by atoms with Crippen LogP contribution in [0.15, 0.2) is 36.5 Å². The Morgan fingerprint density at radius 1 is 1.04 bits per heavy atom. The summed E-state index contributed by atoms with van der Waals surface area (Å²) in [7, 11) is -1.58. The van der Waals surface area contributed by atoms with E-state index in [1.165, 1.54) is 10.8 Å². The lowest BCUT2D eigenvalue weighted by Crippen LogP contribution is -2.41. The van der Waals surface area contributed by atoms with Crippen LogP contribution in [0, 0.1) is 5.92 Å². The minimum atomic E-state index is -1.58. The van der Waals surface area contributed by atoms with E-state index in [2.05, 4.69) is 90.8 Å². The second kappa shape index (κ2) is 7.07. The molecule has 1 aromatic carbocycles. The van der Waals surface area contributed by atoms with Gasteiger partial charge < -0.3 is 0 Å². The highest BCUT2D eigenvalue weighted by Gasteiger charge is 2.25. The van der Waals surface area contributed by atoms with Gasteiger partial charge in [0.05, 0.1) is 13.8 Å². The van der Waals surface area contributed by atoms with E-state index in [9.17, 15) is 0 Å². The molecule has 0 radical (unpaired) electrons. The molecule has 1 unspecified atom stereocenters. The van der Waals surface area contributed by atoms with Crippen LogP contribution in [0.2, 0.25) is 19.6 Å². The molecule has 136 valence electrons. The molecular formula is C23H35NSi. The van der Waals surface area contributed by atoms with Gasteiger partial charge in [0.15, 0.2) is 0 Å². The third-order valence-corrected chi connectivity index (χ3v) is 7.04. The van der Waals surface area contributed by atoms with Crippen molar-refractivity contribution in [2.75, 3.05) is 0 Å². The normalized spacial score (nSPS) is 15.8. The van der Waals surface area contributed by atoms with Gasteiger partial charge in [0.1, 0.15) is 0 Å². The van der Waals surface area contributed by atoms with Crippen molar-refractivity contribution >= 4 is 13.3 Å². The van der Waals surface area contributed by atoms with Crippen molar-refractivity contribution in [3.8, 4) is 11.3 Å². The molecular weight excluding hydrogens is 318 g/mol. The Balaban J connectivity index is 2.67. The second-order valence-corrected chi connectivity index (χ2v) is 14.6. The zero-order chi connectivity index (χ0) is 19.9. The van der Waals surface area contributed by atoms with Crippen LogP contribution < -0.4 is 5.19 Å². The molecule has 0 N–H and O–H groups in total.